The van der Waals surface area contributed by atoms with Gasteiger partial charge in [-0.25, -0.2) is 0 Å². The fraction of sp³-hybridized carbons (Fsp3) is 0.714. The van der Waals surface area contributed by atoms with Gasteiger partial charge in [0.05, 0.1) is 0 Å². The van der Waals surface area contributed by atoms with E-state index in [0.717, 1.165) is 5.92 Å². The first-order valence-electron chi connectivity index (χ1n) is 3.32. The van der Waals surface area contributed by atoms with E-state index in [-0.39, 0.29) is 0 Å². The van der Waals surface area contributed by atoms with E-state index in [4.69, 9.17) is 5.73 Å². The molecule has 1 saturated carbocycles. The molecule has 0 heterocycles. The lowest BCUT2D eigenvalue weighted by Crippen LogP contribution is -2.34. The van der Waals surface area contributed by atoms with Crippen LogP contribution < -0.4 is 5.73 Å². The Kier molecular flexibility index (Phi) is 0.770. The molecule has 3 rings (SSSR count). The quantitative estimate of drug-likeness (QED) is 0.462. The number of hydrogen-bond acceptors (Lipinski definition) is 1. The highest BCUT2D eigenvalue weighted by atomic mass is 14.7. The molecule has 8 heavy (non-hydrogen) atoms. The molecular formula is C7H11N. The highest BCUT2D eigenvalue weighted by molar-refractivity contribution is 5.25. The van der Waals surface area contributed by atoms with Gasteiger partial charge in [-0.05, 0) is 25.2 Å². The van der Waals surface area contributed by atoms with Crippen LogP contribution in [0.5, 0.6) is 0 Å². The second-order valence-corrected chi connectivity index (χ2v) is 2.89. The van der Waals surface area contributed by atoms with Crippen molar-refractivity contribution in [1.29, 1.82) is 0 Å². The summed E-state index contributed by atoms with van der Waals surface area (Å²) in [6, 6.07) is 0.431. The molecule has 1 fully saturated rings. The van der Waals surface area contributed by atoms with Crippen LogP contribution in [-0.4, -0.2) is 6.04 Å². The van der Waals surface area contributed by atoms with Crippen LogP contribution in [0.25, 0.3) is 0 Å². The Morgan fingerprint density at radius 3 is 2.50 bits per heavy atom. The largest absolute Gasteiger partial charge is 0.324 e. The second-order valence-electron chi connectivity index (χ2n) is 2.89. The van der Waals surface area contributed by atoms with Crippen LogP contribution in [0.3, 0.4) is 0 Å². The third-order valence-corrected chi connectivity index (χ3v) is 2.27. The minimum absolute atomic E-state index is 0.431. The molecule has 0 radical (unpaired) electrons. The Morgan fingerprint density at radius 1 is 1.50 bits per heavy atom. The van der Waals surface area contributed by atoms with E-state index in [1.165, 1.54) is 24.8 Å². The predicted octanol–water partition coefficient (Wildman–Crippen LogP) is 1.05. The normalized spacial score (nSPS) is 42.9. The molecule has 0 aromatic rings. The zero-order valence-electron chi connectivity index (χ0n) is 4.93. The molecule has 0 aromatic carbocycles. The molecule has 0 spiro atoms. The van der Waals surface area contributed by atoms with Crippen molar-refractivity contribution in [2.24, 2.45) is 11.7 Å². The van der Waals surface area contributed by atoms with Gasteiger partial charge in [-0.3, -0.25) is 0 Å². The minimum Gasteiger partial charge on any atom is -0.324 e. The molecule has 44 valence electrons. The summed E-state index contributed by atoms with van der Waals surface area (Å²) in [5, 5.41) is 0. The predicted molar refractivity (Wildman–Crippen MR) is 33.4 cm³/mol. The van der Waals surface area contributed by atoms with Crippen molar-refractivity contribution in [3.05, 3.63) is 11.6 Å². The van der Waals surface area contributed by atoms with Crippen LogP contribution in [0.2, 0.25) is 0 Å². The van der Waals surface area contributed by atoms with Gasteiger partial charge in [0.2, 0.25) is 0 Å². The van der Waals surface area contributed by atoms with Crippen molar-refractivity contribution in [2.75, 3.05) is 0 Å². The number of nitrogens with two attached hydrogens (primary N) is 1. The molecule has 2 atom stereocenters. The highest BCUT2D eigenvalue weighted by Crippen LogP contribution is 2.38. The molecule has 0 aliphatic heterocycles. The van der Waals surface area contributed by atoms with Crippen LogP contribution >= 0.6 is 0 Å². The van der Waals surface area contributed by atoms with E-state index in [0.29, 0.717) is 6.04 Å². The van der Waals surface area contributed by atoms with Crippen molar-refractivity contribution in [1.82, 2.24) is 0 Å². The van der Waals surface area contributed by atoms with Crippen LogP contribution in [0.4, 0.5) is 0 Å². The third kappa shape index (κ3) is 0.451. The van der Waals surface area contributed by atoms with Gasteiger partial charge in [0.25, 0.3) is 0 Å². The molecule has 0 unspecified atom stereocenters. The summed E-state index contributed by atoms with van der Waals surface area (Å²) < 4.78 is 0. The Morgan fingerprint density at radius 2 is 2.25 bits per heavy atom. The molecule has 0 saturated heterocycles. The summed E-state index contributed by atoms with van der Waals surface area (Å²) in [6.45, 7) is 0. The highest BCUT2D eigenvalue weighted by Gasteiger charge is 2.28. The van der Waals surface area contributed by atoms with Crippen molar-refractivity contribution >= 4 is 0 Å². The van der Waals surface area contributed by atoms with E-state index in [1.54, 1.807) is 0 Å². The molecule has 0 amide bonds. The third-order valence-electron chi connectivity index (χ3n) is 2.27. The molecule has 2 N–H and O–H groups in total. The van der Waals surface area contributed by atoms with Gasteiger partial charge >= 0.3 is 0 Å². The van der Waals surface area contributed by atoms with Crippen molar-refractivity contribution in [3.63, 3.8) is 0 Å². The number of rotatable bonds is 0. The fourth-order valence-corrected chi connectivity index (χ4v) is 1.61. The molecule has 3 aliphatic carbocycles. The molecular weight excluding hydrogens is 98.1 g/mol. The molecule has 1 heteroatoms. The first kappa shape index (κ1) is 4.57. The van der Waals surface area contributed by atoms with Crippen LogP contribution in [-0.2, 0) is 0 Å². The fourth-order valence-electron chi connectivity index (χ4n) is 1.61. The Bertz CT molecular complexity index is 137. The number of fused-ring (bicyclic) bond motifs is 2. The van der Waals surface area contributed by atoms with Gasteiger partial charge in [0, 0.05) is 6.04 Å². The van der Waals surface area contributed by atoms with Crippen LogP contribution in [0, 0.1) is 5.92 Å². The van der Waals surface area contributed by atoms with E-state index >= 15 is 0 Å². The van der Waals surface area contributed by atoms with Crippen molar-refractivity contribution < 1.29 is 0 Å². The van der Waals surface area contributed by atoms with E-state index in [2.05, 4.69) is 6.08 Å². The molecule has 3 aliphatic rings. The molecule has 0 aromatic heterocycles. The van der Waals surface area contributed by atoms with Gasteiger partial charge in [0.15, 0.2) is 0 Å². The van der Waals surface area contributed by atoms with Crippen molar-refractivity contribution in [2.45, 2.75) is 25.3 Å². The number of hydrogen-bond donors (Lipinski definition) is 1. The van der Waals surface area contributed by atoms with E-state index in [9.17, 15) is 0 Å². The second kappa shape index (κ2) is 1.35. The maximum Gasteiger partial charge on any atom is 0.0254 e. The van der Waals surface area contributed by atoms with Crippen LogP contribution in [0.15, 0.2) is 11.6 Å². The van der Waals surface area contributed by atoms with Crippen LogP contribution in [0.1, 0.15) is 19.3 Å². The zero-order chi connectivity index (χ0) is 5.56. The summed E-state index contributed by atoms with van der Waals surface area (Å²) >= 11 is 0. The van der Waals surface area contributed by atoms with E-state index < -0.39 is 0 Å². The lowest BCUT2D eigenvalue weighted by molar-refractivity contribution is 0.400. The Labute approximate surface area is 49.6 Å². The standard InChI is InChI=1S/C7H11N/c8-7-2-1-5-3-6(7)4-5/h3,5,7H,1-2,4,8H2/t5-,7+/m1/s1. The van der Waals surface area contributed by atoms with Gasteiger partial charge in [0.1, 0.15) is 0 Å². The first-order chi connectivity index (χ1) is 3.86. The van der Waals surface area contributed by atoms with Gasteiger partial charge in [-0.2, -0.15) is 0 Å². The lowest BCUT2D eigenvalue weighted by atomic mass is 9.72. The van der Waals surface area contributed by atoms with Gasteiger partial charge in [-0.15, -0.1) is 0 Å². The topological polar surface area (TPSA) is 26.0 Å². The Balaban J connectivity index is 2.20. The summed E-state index contributed by atoms with van der Waals surface area (Å²) in [4.78, 5) is 0. The monoisotopic (exact) mass is 109 g/mol. The average molecular weight is 109 g/mol. The van der Waals surface area contributed by atoms with Gasteiger partial charge in [-0.1, -0.05) is 11.6 Å². The SMILES string of the molecule is N[C@H]1CC[C@@H]2C=C1C2. The summed E-state index contributed by atoms with van der Waals surface area (Å²) in [7, 11) is 0. The smallest absolute Gasteiger partial charge is 0.0254 e. The average Bonchev–Trinajstić information content (AvgIpc) is 1.62. The van der Waals surface area contributed by atoms with E-state index in [1.807, 2.05) is 0 Å². The summed E-state index contributed by atoms with van der Waals surface area (Å²) in [5.74, 6) is 0.921. The number of allylic oxidation sites excluding steroid dienone is 1. The maximum absolute atomic E-state index is 5.75. The molecule has 1 nitrogen and oxygen atoms in total. The summed E-state index contributed by atoms with van der Waals surface area (Å²) in [6.07, 6.45) is 6.22. The molecule has 2 bridgehead atoms. The first-order valence-corrected chi connectivity index (χ1v) is 3.32. The van der Waals surface area contributed by atoms with Crippen molar-refractivity contribution in [3.8, 4) is 0 Å². The van der Waals surface area contributed by atoms with Gasteiger partial charge < -0.3 is 5.73 Å². The maximum atomic E-state index is 5.75. The lowest BCUT2D eigenvalue weighted by Gasteiger charge is -2.36. The zero-order valence-corrected chi connectivity index (χ0v) is 4.93. The Hall–Kier alpha value is -0.300. The minimum atomic E-state index is 0.431. The summed E-state index contributed by atoms with van der Waals surface area (Å²) in [5.41, 5.74) is 7.26.